The molecule has 0 saturated heterocycles. The summed E-state index contributed by atoms with van der Waals surface area (Å²) in [6, 6.07) is 4.19. The fourth-order valence-corrected chi connectivity index (χ4v) is 1.16. The van der Waals surface area contributed by atoms with Crippen LogP contribution in [0, 0.1) is 5.82 Å². The molecule has 96 valence electrons. The number of amides is 2. The SMILES string of the molecule is CNC(=O)OCc1ccc(NC(C)=O)c(F)c1.[HH].[HH]. The highest BCUT2D eigenvalue weighted by atomic mass is 19.1. The van der Waals surface area contributed by atoms with Crippen molar-refractivity contribution in [1.29, 1.82) is 0 Å². The van der Waals surface area contributed by atoms with Crippen LogP contribution in [0.4, 0.5) is 14.9 Å². The van der Waals surface area contributed by atoms with E-state index in [1.165, 1.54) is 26.1 Å². The van der Waals surface area contributed by atoms with Crippen LogP contribution in [0.15, 0.2) is 18.2 Å². The van der Waals surface area contributed by atoms with Crippen LogP contribution in [0.1, 0.15) is 15.3 Å². The molecule has 1 aromatic carbocycles. The van der Waals surface area contributed by atoms with Gasteiger partial charge >= 0.3 is 6.09 Å². The van der Waals surface area contributed by atoms with E-state index >= 15 is 0 Å². The lowest BCUT2D eigenvalue weighted by Crippen LogP contribution is -2.18. The number of carbonyl (C=O) groups is 2. The number of hydrogen-bond acceptors (Lipinski definition) is 3. The van der Waals surface area contributed by atoms with Crippen molar-refractivity contribution in [3.05, 3.63) is 29.6 Å². The molecule has 1 aromatic rings. The van der Waals surface area contributed by atoms with Gasteiger partial charge in [-0.15, -0.1) is 0 Å². The predicted octanol–water partition coefficient (Wildman–Crippen LogP) is 2.13. The highest BCUT2D eigenvalue weighted by Crippen LogP contribution is 2.16. The number of ether oxygens (including phenoxy) is 1. The lowest BCUT2D eigenvalue weighted by atomic mass is 10.2. The van der Waals surface area contributed by atoms with E-state index in [0.29, 0.717) is 5.56 Å². The van der Waals surface area contributed by atoms with Crippen molar-refractivity contribution >= 4 is 17.7 Å². The molecule has 0 fully saturated rings. The Morgan fingerprint density at radius 3 is 2.71 bits per heavy atom. The first-order valence-electron chi connectivity index (χ1n) is 4.93. The van der Waals surface area contributed by atoms with E-state index in [2.05, 4.69) is 10.6 Å². The van der Waals surface area contributed by atoms with Crippen molar-refractivity contribution in [2.24, 2.45) is 0 Å². The summed E-state index contributed by atoms with van der Waals surface area (Å²) in [5.41, 5.74) is 0.599. The minimum absolute atomic E-state index is 0. The van der Waals surface area contributed by atoms with Crippen LogP contribution in [-0.4, -0.2) is 19.0 Å². The zero-order valence-electron chi connectivity index (χ0n) is 9.54. The molecule has 0 aliphatic carbocycles. The largest absolute Gasteiger partial charge is 0.445 e. The minimum Gasteiger partial charge on any atom is -0.445 e. The van der Waals surface area contributed by atoms with Gasteiger partial charge in [0.2, 0.25) is 5.91 Å². The monoisotopic (exact) mass is 244 g/mol. The second kappa shape index (κ2) is 5.83. The van der Waals surface area contributed by atoms with Crippen LogP contribution in [0.5, 0.6) is 0 Å². The van der Waals surface area contributed by atoms with Crippen molar-refractivity contribution in [3.8, 4) is 0 Å². The molecule has 0 aromatic heterocycles. The Balaban J connectivity index is 0. The maximum Gasteiger partial charge on any atom is 0.407 e. The van der Waals surface area contributed by atoms with Gasteiger partial charge in [-0.3, -0.25) is 4.79 Å². The first-order valence-corrected chi connectivity index (χ1v) is 4.93. The molecule has 2 amide bonds. The number of benzene rings is 1. The van der Waals surface area contributed by atoms with Crippen LogP contribution in [-0.2, 0) is 16.1 Å². The smallest absolute Gasteiger partial charge is 0.407 e. The first-order chi connectivity index (χ1) is 8.02. The number of carbonyl (C=O) groups excluding carboxylic acids is 2. The van der Waals surface area contributed by atoms with Gasteiger partial charge in [0.1, 0.15) is 12.4 Å². The van der Waals surface area contributed by atoms with E-state index in [0.717, 1.165) is 0 Å². The summed E-state index contributed by atoms with van der Waals surface area (Å²) in [4.78, 5) is 21.5. The fraction of sp³-hybridized carbons (Fsp3) is 0.273. The van der Waals surface area contributed by atoms with Crippen LogP contribution in [0.2, 0.25) is 0 Å². The number of nitrogens with one attached hydrogen (secondary N) is 2. The van der Waals surface area contributed by atoms with Gasteiger partial charge in [-0.1, -0.05) is 6.07 Å². The number of anilines is 1. The zero-order chi connectivity index (χ0) is 12.8. The number of halogens is 1. The number of rotatable bonds is 3. The second-order valence-corrected chi connectivity index (χ2v) is 3.32. The predicted molar refractivity (Wildman–Crippen MR) is 64.2 cm³/mol. The number of hydrogen-bond donors (Lipinski definition) is 2. The van der Waals surface area contributed by atoms with E-state index < -0.39 is 11.9 Å². The fourth-order valence-electron chi connectivity index (χ4n) is 1.16. The van der Waals surface area contributed by atoms with Gasteiger partial charge in [0.15, 0.2) is 0 Å². The van der Waals surface area contributed by atoms with Gasteiger partial charge in [-0.2, -0.15) is 0 Å². The summed E-state index contributed by atoms with van der Waals surface area (Å²) in [5.74, 6) is -0.920. The lowest BCUT2D eigenvalue weighted by molar-refractivity contribution is -0.114. The third-order valence-corrected chi connectivity index (χ3v) is 1.92. The summed E-state index contributed by atoms with van der Waals surface area (Å²) >= 11 is 0. The molecule has 0 unspecified atom stereocenters. The highest BCUT2D eigenvalue weighted by molar-refractivity contribution is 5.88. The standard InChI is InChI=1S/C11H13FN2O3.2H2/c1-7(15)14-10-4-3-8(5-9(10)12)6-17-11(16)13-2;;/h3-5H,6H2,1-2H3,(H,13,16)(H,14,15);2*1H. The molecule has 5 nitrogen and oxygen atoms in total. The molecule has 0 radical (unpaired) electrons. The Morgan fingerprint density at radius 1 is 1.47 bits per heavy atom. The van der Waals surface area contributed by atoms with Gasteiger partial charge in [0.05, 0.1) is 5.69 Å². The Bertz CT molecular complexity index is 444. The van der Waals surface area contributed by atoms with Crippen molar-refractivity contribution in [2.75, 3.05) is 12.4 Å². The topological polar surface area (TPSA) is 67.4 Å². The third kappa shape index (κ3) is 4.10. The average Bonchev–Trinajstić information content (AvgIpc) is 2.28. The molecule has 6 heteroatoms. The normalized spacial score (nSPS) is 9.59. The molecule has 2 N–H and O–H groups in total. The van der Waals surface area contributed by atoms with E-state index in [1.54, 1.807) is 6.07 Å². The van der Waals surface area contributed by atoms with Crippen molar-refractivity contribution < 1.29 is 21.6 Å². The van der Waals surface area contributed by atoms with Crippen LogP contribution in [0.3, 0.4) is 0 Å². The third-order valence-electron chi connectivity index (χ3n) is 1.92. The molecule has 0 spiro atoms. The first kappa shape index (κ1) is 13.0. The molecular weight excluding hydrogens is 227 g/mol. The molecule has 0 atom stereocenters. The van der Waals surface area contributed by atoms with Gasteiger partial charge in [-0.05, 0) is 17.7 Å². The van der Waals surface area contributed by atoms with Gasteiger partial charge in [-0.25, -0.2) is 9.18 Å². The van der Waals surface area contributed by atoms with E-state index in [-0.39, 0.29) is 21.1 Å². The summed E-state index contributed by atoms with van der Waals surface area (Å²) in [5, 5.41) is 4.62. The maximum atomic E-state index is 13.4. The second-order valence-electron chi connectivity index (χ2n) is 3.32. The lowest BCUT2D eigenvalue weighted by Gasteiger charge is -2.07. The van der Waals surface area contributed by atoms with Crippen molar-refractivity contribution in [3.63, 3.8) is 0 Å². The van der Waals surface area contributed by atoms with E-state index in [4.69, 9.17) is 4.74 Å². The Morgan fingerprint density at radius 2 is 2.18 bits per heavy atom. The molecule has 0 aliphatic rings. The maximum absolute atomic E-state index is 13.4. The highest BCUT2D eigenvalue weighted by Gasteiger charge is 2.06. The average molecular weight is 244 g/mol. The zero-order valence-corrected chi connectivity index (χ0v) is 9.54. The van der Waals surface area contributed by atoms with Crippen LogP contribution in [0.25, 0.3) is 0 Å². The molecule has 1 rings (SSSR count). The van der Waals surface area contributed by atoms with Crippen molar-refractivity contribution in [1.82, 2.24) is 5.32 Å². The number of alkyl carbamates (subject to hydrolysis) is 1. The van der Waals surface area contributed by atoms with E-state index in [1.807, 2.05) is 0 Å². The van der Waals surface area contributed by atoms with Gasteiger partial charge in [0, 0.05) is 16.8 Å². The summed E-state index contributed by atoms with van der Waals surface area (Å²) in [7, 11) is 1.43. The molecule has 0 aliphatic heterocycles. The Kier molecular flexibility index (Phi) is 4.45. The van der Waals surface area contributed by atoms with E-state index in [9.17, 15) is 14.0 Å². The Hall–Kier alpha value is -2.11. The van der Waals surface area contributed by atoms with Crippen LogP contribution >= 0.6 is 0 Å². The van der Waals surface area contributed by atoms with Gasteiger partial charge in [0.25, 0.3) is 0 Å². The minimum atomic E-state index is -0.587. The van der Waals surface area contributed by atoms with Crippen molar-refractivity contribution in [2.45, 2.75) is 13.5 Å². The summed E-state index contributed by atoms with van der Waals surface area (Å²) in [6.07, 6.45) is -0.587. The molecular formula is C11H17FN2O3. The quantitative estimate of drug-likeness (QED) is 0.855. The summed E-state index contributed by atoms with van der Waals surface area (Å²) < 4.78 is 18.2. The van der Waals surface area contributed by atoms with Gasteiger partial charge < -0.3 is 15.4 Å². The molecule has 0 saturated carbocycles. The molecule has 17 heavy (non-hydrogen) atoms. The summed E-state index contributed by atoms with van der Waals surface area (Å²) in [6.45, 7) is 1.26. The Labute approximate surface area is 101 Å². The molecule has 0 bridgehead atoms. The molecule has 0 heterocycles. The van der Waals surface area contributed by atoms with Crippen LogP contribution < -0.4 is 10.6 Å².